The Morgan fingerprint density at radius 1 is 1.14 bits per heavy atom. The highest BCUT2D eigenvalue weighted by atomic mass is 19.1. The van der Waals surface area contributed by atoms with Gasteiger partial charge in [-0.1, -0.05) is 31.2 Å². The van der Waals surface area contributed by atoms with Crippen molar-refractivity contribution in [2.75, 3.05) is 0 Å². The summed E-state index contributed by atoms with van der Waals surface area (Å²) in [7, 11) is 0. The number of benzene rings is 2. The van der Waals surface area contributed by atoms with Gasteiger partial charge in [0.1, 0.15) is 5.82 Å². The second-order valence-electron chi connectivity index (χ2n) is 5.16. The summed E-state index contributed by atoms with van der Waals surface area (Å²) in [4.78, 5) is 0. The molecule has 0 radical (unpaired) electrons. The number of hydrogen-bond donors (Lipinski definition) is 1. The Balaban J connectivity index is 2.01. The fraction of sp³-hybridized carbons (Fsp3) is 0.278. The van der Waals surface area contributed by atoms with E-state index in [-0.39, 0.29) is 11.9 Å². The van der Waals surface area contributed by atoms with Crippen molar-refractivity contribution < 1.29 is 4.39 Å². The second kappa shape index (κ2) is 7.01. The van der Waals surface area contributed by atoms with Gasteiger partial charge in [0.25, 0.3) is 0 Å². The van der Waals surface area contributed by atoms with E-state index < -0.39 is 0 Å². The lowest BCUT2D eigenvalue weighted by molar-refractivity contribution is 0.569. The minimum absolute atomic E-state index is 0.171. The maximum Gasteiger partial charge on any atom is 0.124 e. The maximum absolute atomic E-state index is 13.4. The molecule has 0 bridgehead atoms. The second-order valence-corrected chi connectivity index (χ2v) is 5.16. The normalized spacial score (nSPS) is 11.9. The molecule has 0 aliphatic rings. The van der Waals surface area contributed by atoms with Gasteiger partial charge in [-0.15, -0.1) is 0 Å². The van der Waals surface area contributed by atoms with Crippen LogP contribution in [0.1, 0.15) is 42.1 Å². The van der Waals surface area contributed by atoms with Gasteiger partial charge in [0.2, 0.25) is 0 Å². The van der Waals surface area contributed by atoms with Crippen molar-refractivity contribution in [3.05, 3.63) is 70.5 Å². The fourth-order valence-electron chi connectivity index (χ4n) is 2.25. The predicted molar refractivity (Wildman–Crippen MR) is 82.2 cm³/mol. The van der Waals surface area contributed by atoms with Crippen LogP contribution in [0.25, 0.3) is 0 Å². The summed E-state index contributed by atoms with van der Waals surface area (Å²) < 4.78 is 13.4. The van der Waals surface area contributed by atoms with Crippen molar-refractivity contribution >= 4 is 0 Å². The highest BCUT2D eigenvalue weighted by molar-refractivity contribution is 5.33. The molecule has 1 unspecified atom stereocenters. The molecule has 0 saturated carbocycles. The summed E-state index contributed by atoms with van der Waals surface area (Å²) in [5, 5.41) is 12.2. The van der Waals surface area contributed by atoms with Crippen LogP contribution >= 0.6 is 0 Å². The lowest BCUT2D eigenvalue weighted by Crippen LogP contribution is -2.18. The Labute approximate surface area is 125 Å². The van der Waals surface area contributed by atoms with Crippen LogP contribution in [0, 0.1) is 17.1 Å². The van der Waals surface area contributed by atoms with E-state index in [1.807, 2.05) is 6.07 Å². The molecule has 3 heteroatoms. The fourth-order valence-corrected chi connectivity index (χ4v) is 2.25. The summed E-state index contributed by atoms with van der Waals surface area (Å²) in [6.07, 6.45) is 1.03. The molecule has 0 amide bonds. The zero-order valence-corrected chi connectivity index (χ0v) is 12.4. The van der Waals surface area contributed by atoms with Gasteiger partial charge in [-0.05, 0) is 48.2 Å². The van der Waals surface area contributed by atoms with Crippen molar-refractivity contribution in [2.45, 2.75) is 32.9 Å². The third kappa shape index (κ3) is 4.14. The molecule has 0 fully saturated rings. The van der Waals surface area contributed by atoms with Gasteiger partial charge in [0.15, 0.2) is 0 Å². The SMILES string of the molecule is CCc1ccc(C(C)NCc2cc(F)cc(C#N)c2)cc1. The summed E-state index contributed by atoms with van der Waals surface area (Å²) in [6.45, 7) is 4.74. The average molecular weight is 282 g/mol. The number of nitriles is 1. The molecule has 2 aromatic carbocycles. The predicted octanol–water partition coefficient (Wildman–Crippen LogP) is 4.11. The molecule has 0 saturated heterocycles. The molecule has 2 aromatic rings. The average Bonchev–Trinajstić information content (AvgIpc) is 2.52. The van der Waals surface area contributed by atoms with Gasteiger partial charge in [-0.2, -0.15) is 5.26 Å². The van der Waals surface area contributed by atoms with E-state index in [1.54, 1.807) is 6.07 Å². The molecular weight excluding hydrogens is 263 g/mol. The molecular formula is C18H19FN2. The first kappa shape index (κ1) is 15.2. The molecule has 0 aromatic heterocycles. The number of rotatable bonds is 5. The number of hydrogen-bond acceptors (Lipinski definition) is 2. The Morgan fingerprint density at radius 3 is 2.48 bits per heavy atom. The largest absolute Gasteiger partial charge is 0.306 e. The monoisotopic (exact) mass is 282 g/mol. The third-order valence-corrected chi connectivity index (χ3v) is 3.59. The summed E-state index contributed by atoms with van der Waals surface area (Å²) in [5.74, 6) is -0.370. The molecule has 0 heterocycles. The summed E-state index contributed by atoms with van der Waals surface area (Å²) >= 11 is 0. The van der Waals surface area contributed by atoms with Gasteiger partial charge < -0.3 is 5.32 Å². The van der Waals surface area contributed by atoms with Crippen molar-refractivity contribution in [2.24, 2.45) is 0 Å². The summed E-state index contributed by atoms with van der Waals surface area (Å²) in [6, 6.07) is 15.0. The van der Waals surface area contributed by atoms with Crippen LogP contribution in [-0.4, -0.2) is 0 Å². The molecule has 0 aliphatic carbocycles. The molecule has 1 N–H and O–H groups in total. The van der Waals surface area contributed by atoms with E-state index in [1.165, 1.54) is 23.3 Å². The van der Waals surface area contributed by atoms with E-state index >= 15 is 0 Å². The molecule has 0 spiro atoms. The maximum atomic E-state index is 13.4. The zero-order valence-electron chi connectivity index (χ0n) is 12.4. The van der Waals surface area contributed by atoms with Gasteiger partial charge in [0, 0.05) is 12.6 Å². The Kier molecular flexibility index (Phi) is 5.08. The number of aryl methyl sites for hydroxylation is 1. The van der Waals surface area contributed by atoms with Crippen molar-refractivity contribution in [1.82, 2.24) is 5.32 Å². The highest BCUT2D eigenvalue weighted by Crippen LogP contribution is 2.15. The van der Waals surface area contributed by atoms with Crippen LogP contribution in [-0.2, 0) is 13.0 Å². The van der Waals surface area contributed by atoms with Gasteiger partial charge in [-0.25, -0.2) is 4.39 Å². The van der Waals surface area contributed by atoms with E-state index in [9.17, 15) is 4.39 Å². The van der Waals surface area contributed by atoms with Gasteiger partial charge in [-0.3, -0.25) is 0 Å². The van der Waals surface area contributed by atoms with E-state index in [4.69, 9.17) is 5.26 Å². The van der Waals surface area contributed by atoms with Crippen LogP contribution in [0.2, 0.25) is 0 Å². The topological polar surface area (TPSA) is 35.8 Å². The minimum Gasteiger partial charge on any atom is -0.306 e. The van der Waals surface area contributed by atoms with Crippen molar-refractivity contribution in [1.29, 1.82) is 5.26 Å². The van der Waals surface area contributed by atoms with Gasteiger partial charge >= 0.3 is 0 Å². The van der Waals surface area contributed by atoms with Crippen molar-refractivity contribution in [3.8, 4) is 6.07 Å². The first-order chi connectivity index (χ1) is 10.1. The van der Waals surface area contributed by atoms with E-state index in [2.05, 4.69) is 43.4 Å². The first-order valence-corrected chi connectivity index (χ1v) is 7.14. The van der Waals surface area contributed by atoms with Crippen LogP contribution < -0.4 is 5.32 Å². The van der Waals surface area contributed by atoms with Gasteiger partial charge in [0.05, 0.1) is 11.6 Å². The zero-order chi connectivity index (χ0) is 15.2. The first-order valence-electron chi connectivity index (χ1n) is 7.14. The van der Waals surface area contributed by atoms with Crippen molar-refractivity contribution in [3.63, 3.8) is 0 Å². The minimum atomic E-state index is -0.370. The molecule has 21 heavy (non-hydrogen) atoms. The summed E-state index contributed by atoms with van der Waals surface area (Å²) in [5.41, 5.74) is 3.65. The number of nitrogens with zero attached hydrogens (tertiary/aromatic N) is 1. The molecule has 2 nitrogen and oxygen atoms in total. The molecule has 108 valence electrons. The Morgan fingerprint density at radius 2 is 1.86 bits per heavy atom. The van der Waals surface area contributed by atoms with E-state index in [0.29, 0.717) is 12.1 Å². The Bertz CT molecular complexity index is 641. The van der Waals surface area contributed by atoms with Crippen LogP contribution in [0.3, 0.4) is 0 Å². The third-order valence-electron chi connectivity index (χ3n) is 3.59. The Hall–Kier alpha value is -2.18. The lowest BCUT2D eigenvalue weighted by atomic mass is 10.0. The lowest BCUT2D eigenvalue weighted by Gasteiger charge is -2.15. The number of nitrogens with one attached hydrogen (secondary N) is 1. The van der Waals surface area contributed by atoms with Crippen LogP contribution in [0.15, 0.2) is 42.5 Å². The standard InChI is InChI=1S/C18H19FN2/c1-3-14-4-6-17(7-5-14)13(2)21-12-16-8-15(11-20)9-18(19)10-16/h4-10,13,21H,3,12H2,1-2H3. The molecule has 1 atom stereocenters. The van der Waals surface area contributed by atoms with Crippen LogP contribution in [0.4, 0.5) is 4.39 Å². The van der Waals surface area contributed by atoms with E-state index in [0.717, 1.165) is 12.0 Å². The smallest absolute Gasteiger partial charge is 0.124 e. The quantitative estimate of drug-likeness (QED) is 0.895. The molecule has 2 rings (SSSR count). The van der Waals surface area contributed by atoms with Crippen LogP contribution in [0.5, 0.6) is 0 Å². The highest BCUT2D eigenvalue weighted by Gasteiger charge is 2.06. The number of halogens is 1. The molecule has 0 aliphatic heterocycles.